The fraction of sp³-hybridized carbons (Fsp3) is 0.231. The summed E-state index contributed by atoms with van der Waals surface area (Å²) < 4.78 is 32.2. The molecule has 1 aromatic carbocycles. The smallest absolute Gasteiger partial charge is 0.250 e. The molecule has 1 N–H and O–H groups in total. The van der Waals surface area contributed by atoms with Gasteiger partial charge in [0.15, 0.2) is 0 Å². The van der Waals surface area contributed by atoms with Crippen LogP contribution in [0.3, 0.4) is 0 Å². The number of ether oxygens (including phenoxy) is 1. The summed E-state index contributed by atoms with van der Waals surface area (Å²) >= 11 is 1.20. The van der Waals surface area contributed by atoms with Gasteiger partial charge in [-0.1, -0.05) is 18.2 Å². The Bertz CT molecular complexity index is 618. The number of nitrogens with one attached hydrogen (secondary N) is 1. The van der Waals surface area contributed by atoms with E-state index < -0.39 is 10.0 Å². The monoisotopic (exact) mass is 297 g/mol. The topological polar surface area (TPSA) is 55.4 Å². The van der Waals surface area contributed by atoms with Gasteiger partial charge in [-0.3, -0.25) is 0 Å². The molecule has 0 saturated heterocycles. The largest absolute Gasteiger partial charge is 0.497 e. The van der Waals surface area contributed by atoms with Crippen molar-refractivity contribution in [3.8, 4) is 5.75 Å². The number of hydrogen-bond acceptors (Lipinski definition) is 4. The Morgan fingerprint density at radius 1 is 1.21 bits per heavy atom. The minimum Gasteiger partial charge on any atom is -0.497 e. The molecule has 1 aromatic heterocycles. The van der Waals surface area contributed by atoms with Gasteiger partial charge in [-0.05, 0) is 36.1 Å². The summed E-state index contributed by atoms with van der Waals surface area (Å²) in [5.74, 6) is 0.747. The second-order valence-electron chi connectivity index (χ2n) is 4.05. The quantitative estimate of drug-likeness (QED) is 0.923. The Hall–Kier alpha value is -1.37. The van der Waals surface area contributed by atoms with Gasteiger partial charge in [0.25, 0.3) is 10.0 Å². The lowest BCUT2D eigenvalue weighted by Gasteiger charge is -2.14. The summed E-state index contributed by atoms with van der Waals surface area (Å²) in [6.07, 6.45) is 0. The average Bonchev–Trinajstić information content (AvgIpc) is 2.93. The Kier molecular flexibility index (Phi) is 4.24. The van der Waals surface area contributed by atoms with Crippen LogP contribution in [-0.4, -0.2) is 15.5 Å². The van der Waals surface area contributed by atoms with E-state index in [1.807, 2.05) is 31.2 Å². The number of methoxy groups -OCH3 is 1. The lowest BCUT2D eigenvalue weighted by molar-refractivity contribution is 0.414. The summed E-state index contributed by atoms with van der Waals surface area (Å²) in [7, 11) is -1.85. The molecule has 19 heavy (non-hydrogen) atoms. The van der Waals surface area contributed by atoms with Gasteiger partial charge in [-0.2, -0.15) is 0 Å². The van der Waals surface area contributed by atoms with Gasteiger partial charge in [0.1, 0.15) is 9.96 Å². The molecule has 0 aliphatic carbocycles. The van der Waals surface area contributed by atoms with Crippen molar-refractivity contribution < 1.29 is 13.2 Å². The van der Waals surface area contributed by atoms with E-state index in [-0.39, 0.29) is 6.04 Å². The molecule has 102 valence electrons. The van der Waals surface area contributed by atoms with E-state index in [0.29, 0.717) is 4.21 Å². The van der Waals surface area contributed by atoms with Gasteiger partial charge in [0.2, 0.25) is 0 Å². The maximum absolute atomic E-state index is 12.1. The van der Waals surface area contributed by atoms with Crippen LogP contribution in [0.2, 0.25) is 0 Å². The first-order chi connectivity index (χ1) is 9.03. The molecule has 2 rings (SSSR count). The first kappa shape index (κ1) is 14.0. The minimum absolute atomic E-state index is 0.294. The summed E-state index contributed by atoms with van der Waals surface area (Å²) in [5.41, 5.74) is 0.890. The van der Waals surface area contributed by atoms with Crippen LogP contribution in [-0.2, 0) is 10.0 Å². The zero-order valence-corrected chi connectivity index (χ0v) is 12.3. The highest BCUT2D eigenvalue weighted by Gasteiger charge is 2.19. The summed E-state index contributed by atoms with van der Waals surface area (Å²) in [6, 6.07) is 10.3. The highest BCUT2D eigenvalue weighted by Crippen LogP contribution is 2.21. The Morgan fingerprint density at radius 2 is 1.89 bits per heavy atom. The average molecular weight is 297 g/mol. The van der Waals surface area contributed by atoms with Crippen LogP contribution < -0.4 is 9.46 Å². The van der Waals surface area contributed by atoms with E-state index >= 15 is 0 Å². The molecule has 2 aromatic rings. The van der Waals surface area contributed by atoms with Crippen LogP contribution in [0.4, 0.5) is 0 Å². The second kappa shape index (κ2) is 5.73. The molecule has 0 bridgehead atoms. The molecule has 0 radical (unpaired) electrons. The third-order valence-corrected chi connectivity index (χ3v) is 5.65. The lowest BCUT2D eigenvalue weighted by Crippen LogP contribution is -2.26. The number of benzene rings is 1. The van der Waals surface area contributed by atoms with Crippen LogP contribution in [0.25, 0.3) is 0 Å². The first-order valence-electron chi connectivity index (χ1n) is 5.73. The Balaban J connectivity index is 2.14. The van der Waals surface area contributed by atoms with Crippen molar-refractivity contribution in [2.24, 2.45) is 0 Å². The van der Waals surface area contributed by atoms with E-state index in [9.17, 15) is 8.42 Å². The van der Waals surface area contributed by atoms with Gasteiger partial charge in [0.05, 0.1) is 7.11 Å². The number of sulfonamides is 1. The lowest BCUT2D eigenvalue weighted by atomic mass is 10.1. The molecule has 0 saturated carbocycles. The molecule has 1 atom stereocenters. The second-order valence-corrected chi connectivity index (χ2v) is 6.94. The maximum atomic E-state index is 12.1. The van der Waals surface area contributed by atoms with Gasteiger partial charge in [-0.25, -0.2) is 13.1 Å². The molecule has 0 aliphatic heterocycles. The predicted molar refractivity (Wildman–Crippen MR) is 76.0 cm³/mol. The third kappa shape index (κ3) is 3.34. The van der Waals surface area contributed by atoms with E-state index in [4.69, 9.17) is 4.74 Å². The van der Waals surface area contributed by atoms with E-state index in [2.05, 4.69) is 4.72 Å². The van der Waals surface area contributed by atoms with Crippen molar-refractivity contribution in [3.05, 3.63) is 47.3 Å². The summed E-state index contributed by atoms with van der Waals surface area (Å²) in [6.45, 7) is 1.81. The van der Waals surface area contributed by atoms with Crippen LogP contribution >= 0.6 is 11.3 Å². The Morgan fingerprint density at radius 3 is 2.42 bits per heavy atom. The third-order valence-electron chi connectivity index (χ3n) is 2.71. The molecular formula is C13H15NO3S2. The van der Waals surface area contributed by atoms with Crippen molar-refractivity contribution in [2.75, 3.05) is 7.11 Å². The Labute approximate surface area is 117 Å². The zero-order chi connectivity index (χ0) is 13.9. The minimum atomic E-state index is -3.44. The van der Waals surface area contributed by atoms with Crippen LogP contribution in [0.15, 0.2) is 46.0 Å². The molecule has 6 heteroatoms. The number of rotatable bonds is 5. The molecule has 0 amide bonds. The predicted octanol–water partition coefficient (Wildman–Crippen LogP) is 2.80. The van der Waals surface area contributed by atoms with Gasteiger partial charge >= 0.3 is 0 Å². The fourth-order valence-electron chi connectivity index (χ4n) is 1.67. The van der Waals surface area contributed by atoms with Gasteiger partial charge in [0, 0.05) is 6.04 Å². The van der Waals surface area contributed by atoms with Crippen molar-refractivity contribution in [3.63, 3.8) is 0 Å². The molecule has 0 aliphatic rings. The number of thiophene rings is 1. The van der Waals surface area contributed by atoms with Gasteiger partial charge in [-0.15, -0.1) is 11.3 Å². The molecule has 0 spiro atoms. The highest BCUT2D eigenvalue weighted by molar-refractivity contribution is 7.91. The summed E-state index contributed by atoms with van der Waals surface area (Å²) in [5, 5.41) is 1.74. The normalized spacial score (nSPS) is 13.2. The summed E-state index contributed by atoms with van der Waals surface area (Å²) in [4.78, 5) is 0. The van der Waals surface area contributed by atoms with Gasteiger partial charge < -0.3 is 4.74 Å². The molecule has 1 heterocycles. The van der Waals surface area contributed by atoms with Crippen LogP contribution in [0.1, 0.15) is 18.5 Å². The highest BCUT2D eigenvalue weighted by atomic mass is 32.2. The molecular weight excluding hydrogens is 282 g/mol. The zero-order valence-electron chi connectivity index (χ0n) is 10.7. The fourth-order valence-corrected chi connectivity index (χ4v) is 3.91. The van der Waals surface area contributed by atoms with E-state index in [0.717, 1.165) is 11.3 Å². The van der Waals surface area contributed by atoms with Crippen molar-refractivity contribution in [1.82, 2.24) is 4.72 Å². The van der Waals surface area contributed by atoms with E-state index in [1.165, 1.54) is 11.3 Å². The van der Waals surface area contributed by atoms with Crippen LogP contribution in [0.5, 0.6) is 5.75 Å². The van der Waals surface area contributed by atoms with Crippen molar-refractivity contribution >= 4 is 21.4 Å². The number of hydrogen-bond donors (Lipinski definition) is 1. The molecule has 0 fully saturated rings. The van der Waals surface area contributed by atoms with Crippen LogP contribution in [0, 0.1) is 0 Å². The SMILES string of the molecule is COc1ccc([C@H](C)NS(=O)(=O)c2cccs2)cc1. The maximum Gasteiger partial charge on any atom is 0.250 e. The van der Waals surface area contributed by atoms with Crippen molar-refractivity contribution in [2.45, 2.75) is 17.2 Å². The molecule has 0 unspecified atom stereocenters. The molecule has 4 nitrogen and oxygen atoms in total. The standard InChI is InChI=1S/C13H15NO3S2/c1-10(11-5-7-12(17-2)8-6-11)14-19(15,16)13-4-3-9-18-13/h3-10,14H,1-2H3/t10-/m0/s1. The van der Waals surface area contributed by atoms with E-state index in [1.54, 1.807) is 24.6 Å². The van der Waals surface area contributed by atoms with Crippen molar-refractivity contribution in [1.29, 1.82) is 0 Å². The first-order valence-corrected chi connectivity index (χ1v) is 8.09.